The molecule has 110 valence electrons. The van der Waals surface area contributed by atoms with Crippen LogP contribution >= 0.6 is 0 Å². The van der Waals surface area contributed by atoms with Crippen LogP contribution in [-0.4, -0.2) is 40.8 Å². The van der Waals surface area contributed by atoms with Gasteiger partial charge in [0.2, 0.25) is 5.91 Å². The number of imidazole rings is 1. The van der Waals surface area contributed by atoms with Crippen LogP contribution in [0.5, 0.6) is 0 Å². The standard InChI is InChI=1S/C14H21N3O3/c1-9-3-7-19-11(9)14(18)16-10-4-8-20-12(10)13-15-5-6-17(13)2/h5-6,9-12H,3-4,7-8H2,1-2H3,(H,16,18)/t9-,10-,11-,12-/m0/s1. The summed E-state index contributed by atoms with van der Waals surface area (Å²) in [6.45, 7) is 3.37. The highest BCUT2D eigenvalue weighted by atomic mass is 16.5. The molecule has 0 unspecified atom stereocenters. The van der Waals surface area contributed by atoms with Crippen LogP contribution in [0.15, 0.2) is 12.4 Å². The molecule has 3 rings (SSSR count). The quantitative estimate of drug-likeness (QED) is 0.888. The summed E-state index contributed by atoms with van der Waals surface area (Å²) in [5, 5.41) is 3.07. The molecule has 2 fully saturated rings. The Balaban J connectivity index is 1.67. The van der Waals surface area contributed by atoms with Gasteiger partial charge in [0.05, 0.1) is 6.04 Å². The summed E-state index contributed by atoms with van der Waals surface area (Å²) in [7, 11) is 1.94. The van der Waals surface area contributed by atoms with Crippen LogP contribution in [0.3, 0.4) is 0 Å². The van der Waals surface area contributed by atoms with Crippen molar-refractivity contribution in [2.45, 2.75) is 38.0 Å². The Morgan fingerprint density at radius 3 is 2.85 bits per heavy atom. The summed E-state index contributed by atoms with van der Waals surface area (Å²) in [5.41, 5.74) is 0. The molecule has 1 amide bonds. The summed E-state index contributed by atoms with van der Waals surface area (Å²) in [6, 6.07) is -0.0278. The smallest absolute Gasteiger partial charge is 0.249 e. The van der Waals surface area contributed by atoms with Gasteiger partial charge < -0.3 is 19.4 Å². The topological polar surface area (TPSA) is 65.4 Å². The van der Waals surface area contributed by atoms with Crippen LogP contribution in [0, 0.1) is 5.92 Å². The number of amides is 1. The summed E-state index contributed by atoms with van der Waals surface area (Å²) >= 11 is 0. The summed E-state index contributed by atoms with van der Waals surface area (Å²) in [6.07, 6.45) is 4.90. The Labute approximate surface area is 118 Å². The fraction of sp³-hybridized carbons (Fsp3) is 0.714. The third-order valence-electron chi connectivity index (χ3n) is 4.18. The van der Waals surface area contributed by atoms with E-state index >= 15 is 0 Å². The number of rotatable bonds is 3. The van der Waals surface area contributed by atoms with E-state index < -0.39 is 0 Å². The van der Waals surface area contributed by atoms with Crippen molar-refractivity contribution in [2.75, 3.05) is 13.2 Å². The molecule has 0 spiro atoms. The lowest BCUT2D eigenvalue weighted by Crippen LogP contribution is -2.44. The Bertz CT molecular complexity index is 488. The Morgan fingerprint density at radius 2 is 2.20 bits per heavy atom. The molecule has 1 aromatic rings. The van der Waals surface area contributed by atoms with Gasteiger partial charge in [-0.25, -0.2) is 4.98 Å². The fourth-order valence-corrected chi connectivity index (χ4v) is 2.94. The van der Waals surface area contributed by atoms with Gasteiger partial charge in [-0.05, 0) is 18.8 Å². The molecular formula is C14H21N3O3. The lowest BCUT2D eigenvalue weighted by molar-refractivity contribution is -0.132. The second-order valence-electron chi connectivity index (χ2n) is 5.65. The van der Waals surface area contributed by atoms with Gasteiger partial charge in [0.15, 0.2) is 0 Å². The molecule has 0 bridgehead atoms. The number of aryl methyl sites for hydroxylation is 1. The van der Waals surface area contributed by atoms with Crippen molar-refractivity contribution in [3.8, 4) is 0 Å². The van der Waals surface area contributed by atoms with E-state index in [-0.39, 0.29) is 30.1 Å². The number of ether oxygens (including phenoxy) is 2. The number of aromatic nitrogens is 2. The van der Waals surface area contributed by atoms with Crippen molar-refractivity contribution in [3.05, 3.63) is 18.2 Å². The van der Waals surface area contributed by atoms with E-state index in [9.17, 15) is 4.79 Å². The minimum absolute atomic E-state index is 0.0234. The molecular weight excluding hydrogens is 258 g/mol. The molecule has 4 atom stereocenters. The number of hydrogen-bond acceptors (Lipinski definition) is 4. The first-order chi connectivity index (χ1) is 9.66. The van der Waals surface area contributed by atoms with Crippen LogP contribution in [0.4, 0.5) is 0 Å². The normalized spacial score (nSPS) is 33.5. The number of carbonyl (C=O) groups excluding carboxylic acids is 1. The van der Waals surface area contributed by atoms with Crippen molar-refractivity contribution in [1.82, 2.24) is 14.9 Å². The van der Waals surface area contributed by atoms with Gasteiger partial charge in [0.1, 0.15) is 18.0 Å². The largest absolute Gasteiger partial charge is 0.368 e. The van der Waals surface area contributed by atoms with E-state index in [2.05, 4.69) is 17.2 Å². The number of nitrogens with zero attached hydrogens (tertiary/aromatic N) is 2. The second-order valence-corrected chi connectivity index (χ2v) is 5.65. The molecule has 0 radical (unpaired) electrons. The zero-order chi connectivity index (χ0) is 14.1. The Morgan fingerprint density at radius 1 is 1.40 bits per heavy atom. The number of hydrogen-bond donors (Lipinski definition) is 1. The SMILES string of the molecule is C[C@H]1CCO[C@@H]1C(=O)N[C@H]1CCO[C@@H]1c1nccn1C. The minimum Gasteiger partial charge on any atom is -0.368 e. The van der Waals surface area contributed by atoms with Crippen molar-refractivity contribution in [2.24, 2.45) is 13.0 Å². The molecule has 1 N–H and O–H groups in total. The van der Waals surface area contributed by atoms with Gasteiger partial charge in [-0.15, -0.1) is 0 Å². The summed E-state index contributed by atoms with van der Waals surface area (Å²) in [4.78, 5) is 16.6. The van der Waals surface area contributed by atoms with Crippen molar-refractivity contribution in [3.63, 3.8) is 0 Å². The van der Waals surface area contributed by atoms with E-state index in [0.717, 1.165) is 18.7 Å². The van der Waals surface area contributed by atoms with Crippen LogP contribution in [-0.2, 0) is 21.3 Å². The molecule has 0 aliphatic carbocycles. The van der Waals surface area contributed by atoms with Gasteiger partial charge >= 0.3 is 0 Å². The van der Waals surface area contributed by atoms with Crippen molar-refractivity contribution < 1.29 is 14.3 Å². The maximum Gasteiger partial charge on any atom is 0.249 e. The first-order valence-corrected chi connectivity index (χ1v) is 7.17. The van der Waals surface area contributed by atoms with E-state index in [0.29, 0.717) is 13.2 Å². The lowest BCUT2D eigenvalue weighted by Gasteiger charge is -2.22. The molecule has 1 aromatic heterocycles. The third-order valence-corrected chi connectivity index (χ3v) is 4.18. The molecule has 2 aliphatic heterocycles. The predicted molar refractivity (Wildman–Crippen MR) is 72.0 cm³/mol. The number of nitrogens with one attached hydrogen (secondary N) is 1. The highest BCUT2D eigenvalue weighted by Crippen LogP contribution is 2.28. The lowest BCUT2D eigenvalue weighted by atomic mass is 10.0. The molecule has 3 heterocycles. The summed E-state index contributed by atoms with van der Waals surface area (Å²) < 4.78 is 13.2. The van der Waals surface area contributed by atoms with Crippen LogP contribution in [0.1, 0.15) is 31.7 Å². The molecule has 6 heteroatoms. The van der Waals surface area contributed by atoms with Crippen LogP contribution in [0.25, 0.3) is 0 Å². The van der Waals surface area contributed by atoms with E-state index in [1.807, 2.05) is 17.8 Å². The molecule has 6 nitrogen and oxygen atoms in total. The maximum absolute atomic E-state index is 12.3. The molecule has 20 heavy (non-hydrogen) atoms. The fourth-order valence-electron chi connectivity index (χ4n) is 2.94. The average molecular weight is 279 g/mol. The number of carbonyl (C=O) groups is 1. The average Bonchev–Trinajstić information content (AvgIpc) is 3.10. The maximum atomic E-state index is 12.3. The molecule has 2 aliphatic rings. The predicted octanol–water partition coefficient (Wildman–Crippen LogP) is 0.791. The first kappa shape index (κ1) is 13.6. The van der Waals surface area contributed by atoms with Crippen molar-refractivity contribution in [1.29, 1.82) is 0 Å². The summed E-state index contributed by atoms with van der Waals surface area (Å²) in [5.74, 6) is 1.11. The van der Waals surface area contributed by atoms with Crippen LogP contribution < -0.4 is 5.32 Å². The highest BCUT2D eigenvalue weighted by Gasteiger charge is 2.37. The van der Waals surface area contributed by atoms with E-state index in [1.165, 1.54) is 0 Å². The zero-order valence-electron chi connectivity index (χ0n) is 11.9. The Hall–Kier alpha value is -1.40. The zero-order valence-corrected chi connectivity index (χ0v) is 11.9. The van der Waals surface area contributed by atoms with E-state index in [1.54, 1.807) is 6.20 Å². The first-order valence-electron chi connectivity index (χ1n) is 7.17. The monoisotopic (exact) mass is 279 g/mol. The Kier molecular flexibility index (Phi) is 3.76. The molecule has 0 saturated carbocycles. The van der Waals surface area contributed by atoms with E-state index in [4.69, 9.17) is 9.47 Å². The van der Waals surface area contributed by atoms with Crippen molar-refractivity contribution >= 4 is 5.91 Å². The molecule has 0 aromatic carbocycles. The minimum atomic E-state index is -0.322. The van der Waals surface area contributed by atoms with Gasteiger partial charge in [-0.3, -0.25) is 4.79 Å². The molecule has 2 saturated heterocycles. The van der Waals surface area contributed by atoms with Gasteiger partial charge in [-0.2, -0.15) is 0 Å². The van der Waals surface area contributed by atoms with Gasteiger partial charge in [0.25, 0.3) is 0 Å². The van der Waals surface area contributed by atoms with Gasteiger partial charge in [0, 0.05) is 32.7 Å². The third kappa shape index (κ3) is 2.45. The highest BCUT2D eigenvalue weighted by molar-refractivity contribution is 5.81. The second kappa shape index (κ2) is 5.54. The van der Waals surface area contributed by atoms with Crippen LogP contribution in [0.2, 0.25) is 0 Å². The van der Waals surface area contributed by atoms with Gasteiger partial charge in [-0.1, -0.05) is 6.92 Å².